The van der Waals surface area contributed by atoms with Crippen molar-refractivity contribution in [2.45, 2.75) is 83.0 Å². The van der Waals surface area contributed by atoms with Crippen LogP contribution in [0.5, 0.6) is 5.75 Å². The third kappa shape index (κ3) is 6.32. The molecular weight excluding hydrogens is 514 g/mol. The van der Waals surface area contributed by atoms with Crippen LogP contribution in [0.25, 0.3) is 11.3 Å². The topological polar surface area (TPSA) is 107 Å². The van der Waals surface area contributed by atoms with Crippen molar-refractivity contribution in [1.29, 1.82) is 0 Å². The van der Waals surface area contributed by atoms with Gasteiger partial charge in [0.25, 0.3) is 0 Å². The van der Waals surface area contributed by atoms with Gasteiger partial charge >= 0.3 is 0 Å². The van der Waals surface area contributed by atoms with Gasteiger partial charge in [-0.15, -0.1) is 0 Å². The Balaban J connectivity index is 1.19. The van der Waals surface area contributed by atoms with E-state index in [-0.39, 0.29) is 11.8 Å². The summed E-state index contributed by atoms with van der Waals surface area (Å²) in [7, 11) is 1.69. The summed E-state index contributed by atoms with van der Waals surface area (Å²) in [6.07, 6.45) is 14.0. The van der Waals surface area contributed by atoms with Crippen molar-refractivity contribution in [2.75, 3.05) is 25.1 Å². The van der Waals surface area contributed by atoms with Crippen LogP contribution in [-0.4, -0.2) is 41.1 Å². The molecule has 1 amide bonds. The van der Waals surface area contributed by atoms with Gasteiger partial charge in [0.2, 0.25) is 5.91 Å². The number of oxazole rings is 1. The van der Waals surface area contributed by atoms with Crippen LogP contribution in [-0.2, 0) is 4.79 Å². The summed E-state index contributed by atoms with van der Waals surface area (Å²) in [6, 6.07) is 8.12. The van der Waals surface area contributed by atoms with Gasteiger partial charge in [-0.2, -0.15) is 0 Å². The largest absolute Gasteiger partial charge is 0.495 e. The van der Waals surface area contributed by atoms with E-state index < -0.39 is 0 Å². The Labute approximate surface area is 243 Å². The monoisotopic (exact) mass is 557 g/mol. The lowest BCUT2D eigenvalue weighted by molar-refractivity contribution is -0.123. The summed E-state index contributed by atoms with van der Waals surface area (Å²) in [5.74, 6) is 4.47. The Morgan fingerprint density at radius 1 is 0.976 bits per heavy atom. The lowest BCUT2D eigenvalue weighted by Crippen LogP contribution is -2.42. The lowest BCUT2D eigenvalue weighted by atomic mass is 9.79. The molecule has 0 unspecified atom stereocenters. The van der Waals surface area contributed by atoms with Gasteiger partial charge in [0, 0.05) is 41.8 Å². The van der Waals surface area contributed by atoms with Gasteiger partial charge in [0.1, 0.15) is 23.5 Å². The zero-order valence-electron chi connectivity index (χ0n) is 24.4. The van der Waals surface area contributed by atoms with E-state index in [9.17, 15) is 4.79 Å². The van der Waals surface area contributed by atoms with Crippen LogP contribution in [0.4, 0.5) is 5.82 Å². The number of hydrogen-bond donors (Lipinski definition) is 1. The van der Waals surface area contributed by atoms with Gasteiger partial charge in [0.15, 0.2) is 5.89 Å². The van der Waals surface area contributed by atoms with Crippen molar-refractivity contribution in [3.63, 3.8) is 0 Å². The molecule has 3 aliphatic rings. The normalized spacial score (nSPS) is 24.7. The molecule has 3 aromatic rings. The molecule has 0 aromatic carbocycles. The third-order valence-electron chi connectivity index (χ3n) is 9.55. The van der Waals surface area contributed by atoms with Gasteiger partial charge in [-0.1, -0.05) is 0 Å². The third-order valence-corrected chi connectivity index (χ3v) is 9.55. The average Bonchev–Trinajstić information content (AvgIpc) is 3.75. The Morgan fingerprint density at radius 3 is 2.39 bits per heavy atom. The second kappa shape index (κ2) is 12.3. The molecule has 3 saturated carbocycles. The summed E-state index contributed by atoms with van der Waals surface area (Å²) >= 11 is 0. The lowest BCUT2D eigenvalue weighted by Gasteiger charge is -2.35. The fourth-order valence-corrected chi connectivity index (χ4v) is 6.74. The maximum absolute atomic E-state index is 14.1. The van der Waals surface area contributed by atoms with E-state index in [1.165, 1.54) is 0 Å². The van der Waals surface area contributed by atoms with Crippen LogP contribution in [0.1, 0.15) is 93.3 Å². The van der Waals surface area contributed by atoms with Gasteiger partial charge in [-0.3, -0.25) is 14.7 Å². The first kappa shape index (κ1) is 27.9. The number of aromatic nitrogens is 3. The van der Waals surface area contributed by atoms with Crippen molar-refractivity contribution in [3.8, 4) is 17.0 Å². The smallest absolute Gasteiger partial charge is 0.231 e. The van der Waals surface area contributed by atoms with Crippen LogP contribution >= 0.6 is 0 Å². The predicted molar refractivity (Wildman–Crippen MR) is 159 cm³/mol. The minimum atomic E-state index is 0.0274. The van der Waals surface area contributed by atoms with Crippen molar-refractivity contribution in [1.82, 2.24) is 15.0 Å². The van der Waals surface area contributed by atoms with E-state index >= 15 is 0 Å². The molecule has 3 aliphatic carbocycles. The number of pyridine rings is 2. The second-order valence-electron chi connectivity index (χ2n) is 12.4. The highest BCUT2D eigenvalue weighted by molar-refractivity contribution is 5.94. The molecular formula is C33H43N5O3. The maximum Gasteiger partial charge on any atom is 0.231 e. The molecule has 6 rings (SSSR count). The van der Waals surface area contributed by atoms with Gasteiger partial charge in [-0.05, 0) is 114 Å². The molecule has 3 aromatic heterocycles. The highest BCUT2D eigenvalue weighted by Gasteiger charge is 2.34. The minimum Gasteiger partial charge on any atom is -0.495 e. The van der Waals surface area contributed by atoms with E-state index in [2.05, 4.69) is 6.07 Å². The summed E-state index contributed by atoms with van der Waals surface area (Å²) in [4.78, 5) is 30.4. The molecule has 8 nitrogen and oxygen atoms in total. The van der Waals surface area contributed by atoms with Crippen molar-refractivity contribution < 1.29 is 13.9 Å². The number of aryl methyl sites for hydroxylation is 1. The Morgan fingerprint density at radius 2 is 1.71 bits per heavy atom. The van der Waals surface area contributed by atoms with Crippen molar-refractivity contribution in [3.05, 3.63) is 54.0 Å². The van der Waals surface area contributed by atoms with Crippen LogP contribution in [0.15, 0.2) is 41.1 Å². The van der Waals surface area contributed by atoms with E-state index in [0.717, 1.165) is 104 Å². The first-order valence-corrected chi connectivity index (χ1v) is 15.5. The summed E-state index contributed by atoms with van der Waals surface area (Å²) in [6.45, 7) is 3.41. The fourth-order valence-electron chi connectivity index (χ4n) is 6.74. The number of nitrogens with two attached hydrogens (primary N) is 1. The molecule has 0 radical (unpaired) electrons. The Bertz CT molecular complexity index is 1340. The number of hydrogen-bond acceptors (Lipinski definition) is 7. The Kier molecular flexibility index (Phi) is 8.37. The standard InChI is InChI=1S/C33H43N5O3/c1-21-30(40-2)14-13-28(36-21)24-7-5-23(6-8-24)19-38(33(39)26-9-3-22(18-34)4-10-26)31-17-27(15-16-35-31)29-20-41-32(37-29)25-11-12-25/h13-17,20,22-26H,3-12,18-19,34H2,1-2H3/t22-,23-,24-,26-. The molecule has 3 heterocycles. The van der Waals surface area contributed by atoms with E-state index in [4.69, 9.17) is 29.8 Å². The number of rotatable bonds is 9. The number of amides is 1. The first-order valence-electron chi connectivity index (χ1n) is 15.5. The summed E-state index contributed by atoms with van der Waals surface area (Å²) < 4.78 is 11.2. The zero-order chi connectivity index (χ0) is 28.3. The van der Waals surface area contributed by atoms with E-state index in [0.29, 0.717) is 36.8 Å². The zero-order valence-corrected chi connectivity index (χ0v) is 24.4. The molecule has 0 aliphatic heterocycles. The second-order valence-corrected chi connectivity index (χ2v) is 12.4. The average molecular weight is 558 g/mol. The molecule has 2 N–H and O–H groups in total. The fraction of sp³-hybridized carbons (Fsp3) is 0.576. The molecule has 0 saturated heterocycles. The van der Waals surface area contributed by atoms with Crippen LogP contribution in [0, 0.1) is 24.7 Å². The Hall–Kier alpha value is -3.26. The van der Waals surface area contributed by atoms with Crippen molar-refractivity contribution in [2.24, 2.45) is 23.5 Å². The van der Waals surface area contributed by atoms with Crippen LogP contribution in [0.2, 0.25) is 0 Å². The SMILES string of the molecule is COc1ccc([C@H]2CC[C@H](CN(c3cc(-c4coc(C5CC5)n4)ccn3)C(=O)[C@H]3CC[C@H](CN)CC3)CC2)nc1C. The first-order chi connectivity index (χ1) is 20.0. The van der Waals surface area contributed by atoms with Gasteiger partial charge in [0.05, 0.1) is 12.8 Å². The molecule has 3 fully saturated rings. The number of carbonyl (C=O) groups is 1. The highest BCUT2D eigenvalue weighted by Crippen LogP contribution is 2.41. The highest BCUT2D eigenvalue weighted by atomic mass is 16.5. The summed E-state index contributed by atoms with van der Waals surface area (Å²) in [5, 5.41) is 0. The number of carbonyl (C=O) groups excluding carboxylic acids is 1. The molecule has 0 bridgehead atoms. The quantitative estimate of drug-likeness (QED) is 0.324. The summed E-state index contributed by atoms with van der Waals surface area (Å²) in [5.41, 5.74) is 9.79. The predicted octanol–water partition coefficient (Wildman–Crippen LogP) is 6.40. The van der Waals surface area contributed by atoms with Gasteiger partial charge < -0.3 is 14.9 Å². The number of ether oxygens (including phenoxy) is 1. The number of nitrogens with zero attached hydrogens (tertiary/aromatic N) is 4. The van der Waals surface area contributed by atoms with Gasteiger partial charge in [-0.25, -0.2) is 9.97 Å². The van der Waals surface area contributed by atoms with Crippen molar-refractivity contribution >= 4 is 11.7 Å². The molecule has 41 heavy (non-hydrogen) atoms. The van der Waals surface area contributed by atoms with Crippen LogP contribution in [0.3, 0.4) is 0 Å². The van der Waals surface area contributed by atoms with Crippen LogP contribution < -0.4 is 15.4 Å². The van der Waals surface area contributed by atoms with E-state index in [1.54, 1.807) is 19.6 Å². The molecule has 8 heteroatoms. The van der Waals surface area contributed by atoms with E-state index in [1.807, 2.05) is 30.0 Å². The maximum atomic E-state index is 14.1. The molecule has 0 atom stereocenters. The minimum absolute atomic E-state index is 0.0274. The molecule has 218 valence electrons. The molecule has 0 spiro atoms. The number of methoxy groups -OCH3 is 1. The number of anilines is 1.